The smallest absolute Gasteiger partial charge is 0.239 e. The van der Waals surface area contributed by atoms with Gasteiger partial charge < -0.3 is 4.84 Å². The van der Waals surface area contributed by atoms with Crippen LogP contribution in [0.3, 0.4) is 0 Å². The van der Waals surface area contributed by atoms with Crippen molar-refractivity contribution in [2.45, 2.75) is 25.7 Å². The Morgan fingerprint density at radius 3 is 1.71 bits per heavy atom. The molecular formula is C18H19NOS. The maximum Gasteiger partial charge on any atom is 0.239 e. The van der Waals surface area contributed by atoms with Crippen LogP contribution in [-0.2, 0) is 9.77 Å². The zero-order chi connectivity index (χ0) is 14.9. The van der Waals surface area contributed by atoms with Crippen molar-refractivity contribution in [3.05, 3.63) is 71.8 Å². The summed E-state index contributed by atoms with van der Waals surface area (Å²) in [6.45, 7) is 6.48. The third-order valence-corrected chi connectivity index (χ3v) is 5.16. The Labute approximate surface area is 130 Å². The lowest BCUT2D eigenvalue weighted by Gasteiger charge is -2.27. The van der Waals surface area contributed by atoms with Crippen LogP contribution in [-0.4, -0.2) is 5.04 Å². The zero-order valence-electron chi connectivity index (χ0n) is 12.5. The Balaban J connectivity index is 2.08. The molecule has 0 aliphatic carbocycles. The van der Waals surface area contributed by atoms with Crippen molar-refractivity contribution >= 4 is 16.8 Å². The molecule has 0 saturated heterocycles. The summed E-state index contributed by atoms with van der Waals surface area (Å²) < 4.78 is 0. The first kappa shape index (κ1) is 14.2. The normalized spacial score (nSPS) is 17.2. The highest BCUT2D eigenvalue weighted by molar-refractivity contribution is 8.15. The molecule has 2 nitrogen and oxygen atoms in total. The molecule has 108 valence electrons. The van der Waals surface area contributed by atoms with E-state index in [4.69, 9.17) is 4.84 Å². The van der Waals surface area contributed by atoms with Gasteiger partial charge in [-0.2, -0.15) is 0 Å². The van der Waals surface area contributed by atoms with Gasteiger partial charge in [-0.05, 0) is 11.8 Å². The van der Waals surface area contributed by atoms with Crippen LogP contribution in [0.15, 0.2) is 65.8 Å². The molecule has 0 bridgehead atoms. The summed E-state index contributed by atoms with van der Waals surface area (Å²) in [7, 11) is 0. The summed E-state index contributed by atoms with van der Waals surface area (Å²) in [5.74, 6) is 0. The van der Waals surface area contributed by atoms with Crippen molar-refractivity contribution in [2.75, 3.05) is 0 Å². The number of oxime groups is 1. The summed E-state index contributed by atoms with van der Waals surface area (Å²) in [5.41, 5.74) is 2.21. The highest BCUT2D eigenvalue weighted by atomic mass is 32.2. The van der Waals surface area contributed by atoms with E-state index in [-0.39, 0.29) is 5.41 Å². The second kappa shape index (κ2) is 5.23. The third kappa shape index (κ3) is 2.58. The minimum atomic E-state index is -0.578. The molecule has 0 unspecified atom stereocenters. The molecule has 2 aromatic carbocycles. The lowest BCUT2D eigenvalue weighted by atomic mass is 9.99. The van der Waals surface area contributed by atoms with Crippen molar-refractivity contribution in [2.24, 2.45) is 10.6 Å². The van der Waals surface area contributed by atoms with Crippen molar-refractivity contribution in [3.63, 3.8) is 0 Å². The molecule has 2 aromatic rings. The Hall–Kier alpha value is -1.74. The van der Waals surface area contributed by atoms with Gasteiger partial charge >= 0.3 is 0 Å². The monoisotopic (exact) mass is 297 g/mol. The van der Waals surface area contributed by atoms with Crippen LogP contribution >= 0.6 is 11.8 Å². The summed E-state index contributed by atoms with van der Waals surface area (Å²) >= 11 is 1.70. The second-order valence-corrected chi connectivity index (χ2v) is 7.35. The maximum absolute atomic E-state index is 6.00. The highest BCUT2D eigenvalue weighted by Crippen LogP contribution is 2.51. The molecule has 0 saturated carbocycles. The van der Waals surface area contributed by atoms with Crippen molar-refractivity contribution in [1.29, 1.82) is 0 Å². The number of thioether (sulfide) groups is 1. The minimum absolute atomic E-state index is 0.0179. The van der Waals surface area contributed by atoms with Gasteiger partial charge in [0.2, 0.25) is 4.93 Å². The molecular weight excluding hydrogens is 278 g/mol. The first-order valence-electron chi connectivity index (χ1n) is 7.09. The van der Waals surface area contributed by atoms with Gasteiger partial charge in [0.15, 0.2) is 0 Å². The molecule has 0 fully saturated rings. The molecule has 0 aromatic heterocycles. The van der Waals surface area contributed by atoms with Crippen LogP contribution < -0.4 is 0 Å². The van der Waals surface area contributed by atoms with Crippen LogP contribution in [0.5, 0.6) is 0 Å². The fourth-order valence-corrected chi connectivity index (χ4v) is 3.51. The average molecular weight is 297 g/mol. The van der Waals surface area contributed by atoms with Crippen molar-refractivity contribution < 1.29 is 4.84 Å². The van der Waals surface area contributed by atoms with E-state index in [1.54, 1.807) is 11.8 Å². The van der Waals surface area contributed by atoms with E-state index in [1.165, 1.54) is 0 Å². The van der Waals surface area contributed by atoms with Crippen molar-refractivity contribution in [1.82, 2.24) is 0 Å². The third-order valence-electron chi connectivity index (χ3n) is 3.45. The molecule has 21 heavy (non-hydrogen) atoms. The van der Waals surface area contributed by atoms with Crippen LogP contribution in [0.25, 0.3) is 0 Å². The van der Waals surface area contributed by atoms with Crippen LogP contribution in [0, 0.1) is 5.41 Å². The number of hydrogen-bond acceptors (Lipinski definition) is 3. The van der Waals surface area contributed by atoms with Gasteiger partial charge in [0.1, 0.15) is 5.04 Å². The number of benzene rings is 2. The molecule has 0 N–H and O–H groups in total. The molecule has 3 heteroatoms. The fourth-order valence-electron chi connectivity index (χ4n) is 2.27. The molecule has 1 aliphatic rings. The molecule has 0 radical (unpaired) electrons. The molecule has 0 spiro atoms. The van der Waals surface area contributed by atoms with E-state index in [9.17, 15) is 0 Å². The molecule has 1 aliphatic heterocycles. The topological polar surface area (TPSA) is 21.6 Å². The number of hydrogen-bond donors (Lipinski definition) is 0. The highest BCUT2D eigenvalue weighted by Gasteiger charge is 2.46. The van der Waals surface area contributed by atoms with Gasteiger partial charge in [-0.1, -0.05) is 86.6 Å². The minimum Gasteiger partial charge on any atom is -0.367 e. The number of nitrogens with zero attached hydrogens (tertiary/aromatic N) is 1. The largest absolute Gasteiger partial charge is 0.367 e. The predicted octanol–water partition coefficient (Wildman–Crippen LogP) is 5.01. The standard InChI is InChI=1S/C18H19NOS/c1-17(2,3)16-19-20-18(21-16,14-10-6-4-7-11-14)15-12-8-5-9-13-15/h4-13H,1-3H3. The number of rotatable bonds is 2. The lowest BCUT2D eigenvalue weighted by molar-refractivity contribution is 0.0656. The van der Waals surface area contributed by atoms with Gasteiger partial charge in [-0.3, -0.25) is 0 Å². The zero-order valence-corrected chi connectivity index (χ0v) is 13.4. The summed E-state index contributed by atoms with van der Waals surface area (Å²) in [4.78, 5) is 5.42. The summed E-state index contributed by atoms with van der Waals surface area (Å²) in [6, 6.07) is 20.6. The van der Waals surface area contributed by atoms with E-state index >= 15 is 0 Å². The molecule has 1 heterocycles. The van der Waals surface area contributed by atoms with Gasteiger partial charge in [0.25, 0.3) is 0 Å². The summed E-state index contributed by atoms with van der Waals surface area (Å²) in [6.07, 6.45) is 0. The fraction of sp³-hybridized carbons (Fsp3) is 0.278. The maximum atomic E-state index is 6.00. The molecule has 3 rings (SSSR count). The van der Waals surface area contributed by atoms with Crippen LogP contribution in [0.2, 0.25) is 0 Å². The van der Waals surface area contributed by atoms with Crippen molar-refractivity contribution in [3.8, 4) is 0 Å². The van der Waals surface area contributed by atoms with E-state index in [0.29, 0.717) is 0 Å². The quantitative estimate of drug-likeness (QED) is 0.777. The predicted molar refractivity (Wildman–Crippen MR) is 89.2 cm³/mol. The average Bonchev–Trinajstić information content (AvgIpc) is 2.96. The Morgan fingerprint density at radius 2 is 1.33 bits per heavy atom. The second-order valence-electron chi connectivity index (χ2n) is 6.19. The summed E-state index contributed by atoms with van der Waals surface area (Å²) in [5, 5.41) is 5.42. The Kier molecular flexibility index (Phi) is 3.54. The Bertz CT molecular complexity index is 604. The first-order chi connectivity index (χ1) is 10.0. The van der Waals surface area contributed by atoms with Gasteiger partial charge in [-0.15, -0.1) is 0 Å². The van der Waals surface area contributed by atoms with Crippen LogP contribution in [0.1, 0.15) is 31.9 Å². The van der Waals surface area contributed by atoms with Gasteiger partial charge in [0, 0.05) is 16.5 Å². The van der Waals surface area contributed by atoms with E-state index in [0.717, 1.165) is 16.2 Å². The SMILES string of the molecule is CC(C)(C)C1=NOC(c2ccccc2)(c2ccccc2)S1. The van der Waals surface area contributed by atoms with E-state index < -0.39 is 4.93 Å². The van der Waals surface area contributed by atoms with Crippen LogP contribution in [0.4, 0.5) is 0 Å². The molecule has 0 amide bonds. The van der Waals surface area contributed by atoms with Gasteiger partial charge in [0.05, 0.1) is 0 Å². The van der Waals surface area contributed by atoms with E-state index in [2.05, 4.69) is 50.2 Å². The Morgan fingerprint density at radius 1 is 0.857 bits per heavy atom. The first-order valence-corrected chi connectivity index (χ1v) is 7.91. The lowest BCUT2D eigenvalue weighted by Crippen LogP contribution is -2.25. The van der Waals surface area contributed by atoms with E-state index in [1.807, 2.05) is 36.4 Å². The molecule has 0 atom stereocenters. The van der Waals surface area contributed by atoms with Gasteiger partial charge in [-0.25, -0.2) is 0 Å².